The lowest BCUT2D eigenvalue weighted by Crippen LogP contribution is -2.30. The van der Waals surface area contributed by atoms with E-state index in [2.05, 4.69) is 45.1 Å². The third-order valence-corrected chi connectivity index (χ3v) is 17.5. The number of hydrogen-bond acceptors (Lipinski definition) is 6. The SMILES string of the molecule is CCCCCCC/C=C\C/C=C\CCCCCCCCCCCCCCCC(=O)OCC(COC(=O)CCCCCCCCCCCCCCCCCCCCCC)OC(=O)CCCCCCCCCCCCCCCCCCCCCC. The van der Waals surface area contributed by atoms with Crippen LogP contribution in [0, 0.1) is 0 Å². The lowest BCUT2D eigenvalue weighted by Gasteiger charge is -2.18. The van der Waals surface area contributed by atoms with Gasteiger partial charge in [0.2, 0.25) is 0 Å². The number of rotatable bonds is 71. The van der Waals surface area contributed by atoms with Crippen LogP contribution in [0.3, 0.4) is 0 Å². The maximum absolute atomic E-state index is 13.0. The molecule has 1 atom stereocenters. The molecule has 6 nitrogen and oxygen atoms in total. The first-order valence-electron chi connectivity index (χ1n) is 37.8. The van der Waals surface area contributed by atoms with Crippen LogP contribution >= 0.6 is 0 Å². The van der Waals surface area contributed by atoms with E-state index in [1.807, 2.05) is 0 Å². The fourth-order valence-corrected chi connectivity index (χ4v) is 11.8. The van der Waals surface area contributed by atoms with Gasteiger partial charge in [-0.2, -0.15) is 0 Å². The van der Waals surface area contributed by atoms with Crippen molar-refractivity contribution in [1.29, 1.82) is 0 Å². The Morgan fingerprint density at radius 3 is 0.663 bits per heavy atom. The smallest absolute Gasteiger partial charge is 0.306 e. The Hall–Kier alpha value is -2.11. The average molecular weight is 1170 g/mol. The molecular formula is C77H146O6. The monoisotopic (exact) mass is 1170 g/mol. The minimum absolute atomic E-state index is 0.0635. The van der Waals surface area contributed by atoms with Gasteiger partial charge in [0, 0.05) is 19.3 Å². The Morgan fingerprint density at radius 1 is 0.241 bits per heavy atom. The Balaban J connectivity index is 4.28. The van der Waals surface area contributed by atoms with Gasteiger partial charge in [0.1, 0.15) is 13.2 Å². The van der Waals surface area contributed by atoms with E-state index in [9.17, 15) is 14.4 Å². The van der Waals surface area contributed by atoms with Gasteiger partial charge in [0.05, 0.1) is 0 Å². The van der Waals surface area contributed by atoms with Crippen molar-refractivity contribution in [3.05, 3.63) is 24.3 Å². The lowest BCUT2D eigenvalue weighted by molar-refractivity contribution is -0.167. The molecule has 0 aromatic rings. The molecule has 0 saturated heterocycles. The highest BCUT2D eigenvalue weighted by Crippen LogP contribution is 2.19. The minimum Gasteiger partial charge on any atom is -0.462 e. The van der Waals surface area contributed by atoms with Gasteiger partial charge in [-0.05, 0) is 51.4 Å². The van der Waals surface area contributed by atoms with Crippen molar-refractivity contribution in [2.24, 2.45) is 0 Å². The zero-order valence-electron chi connectivity index (χ0n) is 56.5. The third kappa shape index (κ3) is 70.5. The molecule has 0 spiro atoms. The van der Waals surface area contributed by atoms with Crippen molar-refractivity contribution < 1.29 is 28.6 Å². The Bertz CT molecular complexity index is 1340. The summed E-state index contributed by atoms with van der Waals surface area (Å²) in [5.41, 5.74) is 0. The van der Waals surface area contributed by atoms with Crippen LogP contribution in [0.15, 0.2) is 24.3 Å². The zero-order chi connectivity index (χ0) is 59.9. The van der Waals surface area contributed by atoms with Crippen LogP contribution in [-0.4, -0.2) is 37.2 Å². The predicted molar refractivity (Wildman–Crippen MR) is 363 cm³/mol. The maximum Gasteiger partial charge on any atom is 0.306 e. The molecule has 490 valence electrons. The Labute approximate surface area is 519 Å². The Morgan fingerprint density at radius 2 is 0.434 bits per heavy atom. The summed E-state index contributed by atoms with van der Waals surface area (Å²) in [4.78, 5) is 38.6. The van der Waals surface area contributed by atoms with Crippen molar-refractivity contribution in [3.8, 4) is 0 Å². The molecule has 0 N–H and O–H groups in total. The fourth-order valence-electron chi connectivity index (χ4n) is 11.8. The van der Waals surface area contributed by atoms with E-state index in [1.54, 1.807) is 0 Å². The second kappa shape index (κ2) is 72.4. The molecule has 1 unspecified atom stereocenters. The standard InChI is InChI=1S/C77H146O6/c1-4-7-10-13-16-19-22-25-28-31-34-37-38-39-40-41-44-46-49-52-55-58-61-64-67-70-76(79)82-73-74(83-77(80)71-68-65-62-59-56-53-50-47-43-36-33-30-27-24-21-18-15-12-9-6-3)72-81-75(78)69-66-63-60-57-54-51-48-45-42-35-32-29-26-23-20-17-14-11-8-5-2/h22,25,31,34,74H,4-21,23-24,26-30,32-33,35-73H2,1-3H3/b25-22-,34-31-. The average Bonchev–Trinajstić information content (AvgIpc) is 3.49. The normalized spacial score (nSPS) is 12.1. The summed E-state index contributed by atoms with van der Waals surface area (Å²) >= 11 is 0. The van der Waals surface area contributed by atoms with Gasteiger partial charge in [-0.1, -0.05) is 385 Å². The van der Waals surface area contributed by atoms with Gasteiger partial charge >= 0.3 is 17.9 Å². The van der Waals surface area contributed by atoms with E-state index in [0.717, 1.165) is 64.2 Å². The van der Waals surface area contributed by atoms with Gasteiger partial charge in [0.15, 0.2) is 6.10 Å². The molecule has 6 heteroatoms. The molecule has 0 amide bonds. The van der Waals surface area contributed by atoms with E-state index < -0.39 is 6.10 Å². The molecule has 0 saturated carbocycles. The molecule has 0 heterocycles. The first-order valence-corrected chi connectivity index (χ1v) is 37.8. The van der Waals surface area contributed by atoms with E-state index in [0.29, 0.717) is 19.3 Å². The van der Waals surface area contributed by atoms with Crippen molar-refractivity contribution in [2.75, 3.05) is 13.2 Å². The van der Waals surface area contributed by atoms with Crippen LogP contribution in [0.4, 0.5) is 0 Å². The molecule has 0 aliphatic rings. The molecule has 0 aliphatic heterocycles. The minimum atomic E-state index is -0.769. The zero-order valence-corrected chi connectivity index (χ0v) is 56.5. The number of carbonyl (C=O) groups is 3. The first-order chi connectivity index (χ1) is 41.0. The number of ether oxygens (including phenoxy) is 3. The number of allylic oxidation sites excluding steroid dienone is 4. The highest BCUT2D eigenvalue weighted by atomic mass is 16.6. The fraction of sp³-hybridized carbons (Fsp3) is 0.909. The van der Waals surface area contributed by atoms with Crippen molar-refractivity contribution in [1.82, 2.24) is 0 Å². The van der Waals surface area contributed by atoms with Gasteiger partial charge in [-0.3, -0.25) is 14.4 Å². The van der Waals surface area contributed by atoms with Crippen molar-refractivity contribution >= 4 is 17.9 Å². The first kappa shape index (κ1) is 80.9. The molecule has 0 fully saturated rings. The van der Waals surface area contributed by atoms with Crippen molar-refractivity contribution in [3.63, 3.8) is 0 Å². The third-order valence-electron chi connectivity index (χ3n) is 17.5. The van der Waals surface area contributed by atoms with Gasteiger partial charge in [-0.25, -0.2) is 0 Å². The quantitative estimate of drug-likeness (QED) is 0.0261. The van der Waals surface area contributed by atoms with Crippen LogP contribution in [0.2, 0.25) is 0 Å². The maximum atomic E-state index is 13.0. The molecule has 0 radical (unpaired) electrons. The van der Waals surface area contributed by atoms with Gasteiger partial charge < -0.3 is 14.2 Å². The summed E-state index contributed by atoms with van der Waals surface area (Å²) in [6, 6.07) is 0. The van der Waals surface area contributed by atoms with Crippen LogP contribution in [0.1, 0.15) is 432 Å². The molecule has 0 aliphatic carbocycles. The molecule has 83 heavy (non-hydrogen) atoms. The van der Waals surface area contributed by atoms with Crippen molar-refractivity contribution in [2.45, 2.75) is 438 Å². The molecular weight excluding hydrogens is 1020 g/mol. The summed E-state index contributed by atoms with van der Waals surface area (Å²) in [5, 5.41) is 0. The summed E-state index contributed by atoms with van der Waals surface area (Å²) in [7, 11) is 0. The molecule has 0 aromatic heterocycles. The number of unbranched alkanes of at least 4 members (excludes halogenated alkanes) is 56. The van der Waals surface area contributed by atoms with Gasteiger partial charge in [0.25, 0.3) is 0 Å². The number of carbonyl (C=O) groups excluding carboxylic acids is 3. The highest BCUT2D eigenvalue weighted by molar-refractivity contribution is 5.71. The summed E-state index contributed by atoms with van der Waals surface area (Å²) in [6.45, 7) is 6.73. The van der Waals surface area contributed by atoms with Crippen LogP contribution < -0.4 is 0 Å². The topological polar surface area (TPSA) is 78.9 Å². The molecule has 0 bridgehead atoms. The van der Waals surface area contributed by atoms with Gasteiger partial charge in [-0.15, -0.1) is 0 Å². The van der Waals surface area contributed by atoms with E-state index in [1.165, 1.54) is 327 Å². The van der Waals surface area contributed by atoms with Crippen LogP contribution in [0.25, 0.3) is 0 Å². The number of esters is 3. The Kier molecular flexibility index (Phi) is 70.5. The van der Waals surface area contributed by atoms with E-state index in [4.69, 9.17) is 14.2 Å². The lowest BCUT2D eigenvalue weighted by atomic mass is 10.0. The summed E-state index contributed by atoms with van der Waals surface area (Å²) < 4.78 is 17.1. The molecule has 0 aromatic carbocycles. The second-order valence-electron chi connectivity index (χ2n) is 25.9. The van der Waals surface area contributed by atoms with E-state index in [-0.39, 0.29) is 31.1 Å². The van der Waals surface area contributed by atoms with E-state index >= 15 is 0 Å². The van der Waals surface area contributed by atoms with Crippen LogP contribution in [0.5, 0.6) is 0 Å². The summed E-state index contributed by atoms with van der Waals surface area (Å²) in [6.07, 6.45) is 89.3. The highest BCUT2D eigenvalue weighted by Gasteiger charge is 2.20. The second-order valence-corrected chi connectivity index (χ2v) is 25.9. The molecule has 0 rings (SSSR count). The predicted octanol–water partition coefficient (Wildman–Crippen LogP) is 26.1. The van der Waals surface area contributed by atoms with Crippen LogP contribution in [-0.2, 0) is 28.6 Å². The largest absolute Gasteiger partial charge is 0.462 e. The summed E-state index contributed by atoms with van der Waals surface area (Å²) in [5.74, 6) is -0.824. The number of hydrogen-bond donors (Lipinski definition) is 0.